The van der Waals surface area contributed by atoms with Gasteiger partial charge in [-0.1, -0.05) is 17.3 Å². The first-order valence-electron chi connectivity index (χ1n) is 11.7. The second-order valence-corrected chi connectivity index (χ2v) is 9.07. The molecule has 0 spiro atoms. The van der Waals surface area contributed by atoms with Crippen LogP contribution in [0, 0.1) is 19.7 Å². The molecule has 35 heavy (non-hydrogen) atoms. The molecular weight excluding hydrogens is 447 g/mol. The molecule has 0 bridgehead atoms. The number of aliphatic hydroxyl groups is 1. The van der Waals surface area contributed by atoms with Crippen molar-refractivity contribution in [1.29, 1.82) is 0 Å². The molecule has 2 aliphatic heterocycles. The number of aliphatic hydroxyl groups excluding tert-OH is 1. The quantitative estimate of drug-likeness (QED) is 0.585. The third-order valence-corrected chi connectivity index (χ3v) is 6.52. The summed E-state index contributed by atoms with van der Waals surface area (Å²) in [5, 5.41) is 14.7. The molecule has 1 aromatic heterocycles. The number of ether oxygens (including phenoxy) is 1. The molecule has 0 unspecified atom stereocenters. The topological polar surface area (TPSA) is 72.1 Å². The van der Waals surface area contributed by atoms with E-state index in [4.69, 9.17) is 9.57 Å². The minimum atomic E-state index is -0.546. The zero-order valence-electron chi connectivity index (χ0n) is 20.1. The maximum atomic E-state index is 14.1. The molecule has 0 amide bonds. The number of hydrogen-bond donors (Lipinski definition) is 1. The Morgan fingerprint density at radius 2 is 2.09 bits per heavy atom. The van der Waals surface area contributed by atoms with E-state index in [9.17, 15) is 9.50 Å². The Morgan fingerprint density at radius 3 is 2.80 bits per heavy atom. The fourth-order valence-electron chi connectivity index (χ4n) is 4.91. The molecule has 0 aliphatic carbocycles. The summed E-state index contributed by atoms with van der Waals surface area (Å²) in [5.41, 5.74) is 5.32. The van der Waals surface area contributed by atoms with Crippen molar-refractivity contribution in [1.82, 2.24) is 14.5 Å². The molecule has 3 aromatic rings. The average molecular weight is 477 g/mol. The molecule has 2 aromatic carbocycles. The Morgan fingerprint density at radius 1 is 1.23 bits per heavy atom. The van der Waals surface area contributed by atoms with E-state index in [2.05, 4.69) is 21.1 Å². The molecule has 5 rings (SSSR count). The predicted molar refractivity (Wildman–Crippen MR) is 132 cm³/mol. The Bertz CT molecular complexity index is 1280. The maximum Gasteiger partial charge on any atom is 0.175 e. The van der Waals surface area contributed by atoms with Crippen molar-refractivity contribution in [2.24, 2.45) is 5.16 Å². The summed E-state index contributed by atoms with van der Waals surface area (Å²) in [7, 11) is 1.65. The zero-order chi connectivity index (χ0) is 24.5. The Hall–Kier alpha value is -3.65. The van der Waals surface area contributed by atoms with Gasteiger partial charge >= 0.3 is 0 Å². The first-order chi connectivity index (χ1) is 17.0. The number of aryl methyl sites for hydroxylation is 2. The summed E-state index contributed by atoms with van der Waals surface area (Å²) >= 11 is 0. The predicted octanol–water partition coefficient (Wildman–Crippen LogP) is 4.56. The number of methoxy groups -OCH3 is 1. The average Bonchev–Trinajstić information content (AvgIpc) is 3.28. The molecule has 2 aliphatic rings. The molecule has 1 N–H and O–H groups in total. The summed E-state index contributed by atoms with van der Waals surface area (Å²) in [6.45, 7) is 4.41. The summed E-state index contributed by atoms with van der Waals surface area (Å²) in [4.78, 5) is 12.3. The monoisotopic (exact) mass is 476 g/mol. The number of fused-ring (bicyclic) bond motifs is 1. The van der Waals surface area contributed by atoms with Crippen molar-refractivity contribution in [2.75, 3.05) is 20.3 Å². The largest absolute Gasteiger partial charge is 0.495 e. The van der Waals surface area contributed by atoms with E-state index in [1.807, 2.05) is 48.9 Å². The van der Waals surface area contributed by atoms with Gasteiger partial charge in [0.25, 0.3) is 0 Å². The molecule has 182 valence electrons. The number of nitrogens with zero attached hydrogens (tertiary/aromatic N) is 4. The SMILES string of the molecule is COc1cc(/C=C2\CCCN3C2=NO[C@H](c2cc(C)cc(F)c2)[C@H]3CO)ccc1-n1cnc(C)c1. The fourth-order valence-corrected chi connectivity index (χ4v) is 4.91. The van der Waals surface area contributed by atoms with Gasteiger partial charge in [-0.3, -0.25) is 0 Å². The lowest BCUT2D eigenvalue weighted by molar-refractivity contribution is -0.0394. The summed E-state index contributed by atoms with van der Waals surface area (Å²) in [6, 6.07) is 10.5. The van der Waals surface area contributed by atoms with Crippen molar-refractivity contribution in [2.45, 2.75) is 38.8 Å². The van der Waals surface area contributed by atoms with Crippen LogP contribution >= 0.6 is 0 Å². The minimum absolute atomic E-state index is 0.126. The Kier molecular flexibility index (Phi) is 6.30. The number of rotatable bonds is 5. The standard InChI is InChI=1S/C27H29FN4O3/c1-17-9-21(13-22(28)10-17)26-24(15-33)32-8-4-5-20(27(32)30-35-26)11-19-6-7-23(25(12-19)34-3)31-14-18(2)29-16-31/h6-7,9-14,16,24,26,33H,4-5,8,15H2,1-3H3/b20-11+/t24-,26-/m1/s1. The Labute approximate surface area is 204 Å². The van der Waals surface area contributed by atoms with Crippen LogP contribution in [0.4, 0.5) is 4.39 Å². The molecule has 3 heterocycles. The second kappa shape index (κ2) is 9.54. The van der Waals surface area contributed by atoms with Gasteiger partial charge in [-0.2, -0.15) is 0 Å². The van der Waals surface area contributed by atoms with Gasteiger partial charge in [0.05, 0.1) is 37.5 Å². The molecule has 1 fully saturated rings. The van der Waals surface area contributed by atoms with Gasteiger partial charge in [-0.25, -0.2) is 9.37 Å². The lowest BCUT2D eigenvalue weighted by Crippen LogP contribution is -2.52. The smallest absolute Gasteiger partial charge is 0.175 e. The van der Waals surface area contributed by atoms with Gasteiger partial charge in [0.2, 0.25) is 0 Å². The van der Waals surface area contributed by atoms with Gasteiger partial charge < -0.3 is 24.1 Å². The number of amidine groups is 1. The number of halogens is 1. The van der Waals surface area contributed by atoms with E-state index in [1.54, 1.807) is 13.4 Å². The molecular formula is C27H29FN4O3. The van der Waals surface area contributed by atoms with E-state index in [1.165, 1.54) is 12.1 Å². The number of benzene rings is 2. The summed E-state index contributed by atoms with van der Waals surface area (Å²) in [6.07, 6.45) is 7.01. The minimum Gasteiger partial charge on any atom is -0.495 e. The number of aromatic nitrogens is 2. The molecule has 1 saturated heterocycles. The van der Waals surface area contributed by atoms with Crippen molar-refractivity contribution in [3.05, 3.63) is 82.7 Å². The number of piperidine rings is 1. The third-order valence-electron chi connectivity index (χ3n) is 6.52. The van der Waals surface area contributed by atoms with Crippen LogP contribution in [0.2, 0.25) is 0 Å². The van der Waals surface area contributed by atoms with E-state index in [0.717, 1.165) is 53.2 Å². The Balaban J connectivity index is 1.47. The normalized spacial score (nSPS) is 20.9. The van der Waals surface area contributed by atoms with E-state index in [0.29, 0.717) is 11.4 Å². The highest BCUT2D eigenvalue weighted by Gasteiger charge is 2.39. The molecule has 2 atom stereocenters. The highest BCUT2D eigenvalue weighted by atomic mass is 19.1. The van der Waals surface area contributed by atoms with Crippen LogP contribution in [0.25, 0.3) is 11.8 Å². The van der Waals surface area contributed by atoms with E-state index >= 15 is 0 Å². The second-order valence-electron chi connectivity index (χ2n) is 9.07. The van der Waals surface area contributed by atoms with Gasteiger partial charge in [0, 0.05) is 18.3 Å². The van der Waals surface area contributed by atoms with Gasteiger partial charge in [0.15, 0.2) is 11.9 Å². The van der Waals surface area contributed by atoms with Crippen LogP contribution in [-0.2, 0) is 4.84 Å². The van der Waals surface area contributed by atoms with Crippen LogP contribution in [-0.4, -0.2) is 51.7 Å². The van der Waals surface area contributed by atoms with Crippen LogP contribution in [0.5, 0.6) is 5.75 Å². The molecule has 0 saturated carbocycles. The molecule has 8 heteroatoms. The number of hydrogen-bond acceptors (Lipinski definition) is 6. The van der Waals surface area contributed by atoms with Crippen LogP contribution in [0.1, 0.15) is 41.3 Å². The number of oxime groups is 1. The first kappa shape index (κ1) is 23.1. The van der Waals surface area contributed by atoms with E-state index in [-0.39, 0.29) is 18.5 Å². The number of imidazole rings is 1. The maximum absolute atomic E-state index is 14.1. The van der Waals surface area contributed by atoms with Crippen LogP contribution < -0.4 is 4.74 Å². The van der Waals surface area contributed by atoms with Gasteiger partial charge in [0.1, 0.15) is 11.6 Å². The highest BCUT2D eigenvalue weighted by Crippen LogP contribution is 2.35. The molecule has 7 nitrogen and oxygen atoms in total. The lowest BCUT2D eigenvalue weighted by Gasteiger charge is -2.43. The van der Waals surface area contributed by atoms with Crippen molar-refractivity contribution < 1.29 is 19.1 Å². The van der Waals surface area contributed by atoms with Crippen molar-refractivity contribution in [3.8, 4) is 11.4 Å². The van der Waals surface area contributed by atoms with Crippen molar-refractivity contribution >= 4 is 11.9 Å². The first-order valence-corrected chi connectivity index (χ1v) is 11.7. The van der Waals surface area contributed by atoms with Crippen LogP contribution in [0.15, 0.2) is 59.7 Å². The highest BCUT2D eigenvalue weighted by molar-refractivity contribution is 6.03. The summed E-state index contributed by atoms with van der Waals surface area (Å²) in [5.74, 6) is 1.13. The van der Waals surface area contributed by atoms with E-state index < -0.39 is 6.10 Å². The van der Waals surface area contributed by atoms with Crippen molar-refractivity contribution in [3.63, 3.8) is 0 Å². The molecule has 0 radical (unpaired) electrons. The van der Waals surface area contributed by atoms with Gasteiger partial charge in [-0.15, -0.1) is 0 Å². The van der Waals surface area contributed by atoms with Crippen LogP contribution in [0.3, 0.4) is 0 Å². The zero-order valence-corrected chi connectivity index (χ0v) is 20.1. The summed E-state index contributed by atoms with van der Waals surface area (Å²) < 4.78 is 21.7. The lowest BCUT2D eigenvalue weighted by atomic mass is 9.94. The third kappa shape index (κ3) is 4.53. The van der Waals surface area contributed by atoms with Gasteiger partial charge in [-0.05, 0) is 73.7 Å². The fraction of sp³-hybridized carbons (Fsp3) is 0.333.